The van der Waals surface area contributed by atoms with Crippen LogP contribution in [0, 0.1) is 10.4 Å². The predicted molar refractivity (Wildman–Crippen MR) is 210 cm³/mol. The van der Waals surface area contributed by atoms with Crippen LogP contribution in [0.5, 0.6) is 11.5 Å². The molecule has 7 aromatic rings. The second-order valence-electron chi connectivity index (χ2n) is 12.9. The Morgan fingerprint density at radius 3 is 1.80 bits per heavy atom. The van der Waals surface area contributed by atoms with E-state index < -0.39 is 5.41 Å². The highest BCUT2D eigenvalue weighted by atomic mass is 32.1. The highest BCUT2D eigenvalue weighted by Gasteiger charge is 2.33. The minimum Gasteiger partial charge on any atom is -0.491 e. The Bertz CT molecular complexity index is 2580. The smallest absolute Gasteiger partial charge is 0.127 e. The van der Waals surface area contributed by atoms with Crippen LogP contribution in [-0.2, 0) is 5.41 Å². The Morgan fingerprint density at radius 2 is 1.22 bits per heavy atom. The fraction of sp³-hybridized carbons (Fsp3) is 0.111. The van der Waals surface area contributed by atoms with Crippen molar-refractivity contribution in [3.8, 4) is 33.8 Å². The first-order valence-electron chi connectivity index (χ1n) is 17.1. The second kappa shape index (κ2) is 13.1. The molecule has 0 saturated carbocycles. The molecule has 0 bridgehead atoms. The Hall–Kier alpha value is -5.24. The average molecular weight is 703 g/mol. The van der Waals surface area contributed by atoms with Crippen LogP contribution in [-0.4, -0.2) is 36.6 Å². The summed E-state index contributed by atoms with van der Waals surface area (Å²) in [5.74, 6) is 1.48. The van der Waals surface area contributed by atoms with Crippen molar-refractivity contribution in [1.82, 2.24) is 0 Å². The topological polar surface area (TPSA) is 58.9 Å². The molecular weight excluding hydrogens is 669 g/mol. The Kier molecular flexibility index (Phi) is 8.17. The van der Waals surface area contributed by atoms with E-state index >= 15 is 0 Å². The van der Waals surface area contributed by atoms with Crippen molar-refractivity contribution < 1.29 is 19.7 Å². The van der Waals surface area contributed by atoms with Crippen molar-refractivity contribution in [3.63, 3.8) is 0 Å². The fourth-order valence-electron chi connectivity index (χ4n) is 7.52. The summed E-state index contributed by atoms with van der Waals surface area (Å²) in [6.07, 6.45) is 9.31. The summed E-state index contributed by atoms with van der Waals surface area (Å²) in [5, 5.41) is 35.0. The van der Waals surface area contributed by atoms with Gasteiger partial charge in [-0.25, -0.2) is 0 Å². The van der Waals surface area contributed by atoms with E-state index in [1.807, 2.05) is 12.1 Å². The van der Waals surface area contributed by atoms with Crippen molar-refractivity contribution in [2.45, 2.75) is 5.41 Å². The van der Waals surface area contributed by atoms with Crippen LogP contribution >= 0.6 is 22.7 Å². The molecule has 0 saturated heterocycles. The van der Waals surface area contributed by atoms with Gasteiger partial charge in [-0.05, 0) is 153 Å². The van der Waals surface area contributed by atoms with Gasteiger partial charge in [-0.2, -0.15) is 22.7 Å². The molecule has 0 radical (unpaired) electrons. The lowest BCUT2D eigenvalue weighted by atomic mass is 9.70. The number of benzene rings is 5. The van der Waals surface area contributed by atoms with Crippen LogP contribution in [0.3, 0.4) is 0 Å². The number of hydrogen-bond donors (Lipinski definition) is 2. The zero-order chi connectivity index (χ0) is 34.4. The van der Waals surface area contributed by atoms with E-state index in [1.54, 1.807) is 22.7 Å². The number of fused-ring (bicyclic) bond motifs is 4. The molecule has 0 amide bonds. The van der Waals surface area contributed by atoms with Crippen LogP contribution in [0.25, 0.3) is 51.3 Å². The molecule has 2 aromatic heterocycles. The molecule has 51 heavy (non-hydrogen) atoms. The number of aliphatic hydroxyl groups is 2. The second-order valence-corrected chi connectivity index (χ2v) is 14.5. The lowest BCUT2D eigenvalue weighted by Gasteiger charge is -2.33. The van der Waals surface area contributed by atoms with Crippen LogP contribution in [0.2, 0.25) is 0 Å². The van der Waals surface area contributed by atoms with Gasteiger partial charge in [0.1, 0.15) is 24.7 Å². The summed E-state index contributed by atoms with van der Waals surface area (Å²) in [6.45, 7) is 0.332. The minimum absolute atomic E-state index is 0.0562. The summed E-state index contributed by atoms with van der Waals surface area (Å²) in [7, 11) is 0. The Balaban J connectivity index is 1.29. The largest absolute Gasteiger partial charge is 0.491 e. The van der Waals surface area contributed by atoms with Crippen molar-refractivity contribution >= 4 is 51.7 Å². The molecule has 0 aliphatic heterocycles. The monoisotopic (exact) mass is 702 g/mol. The van der Waals surface area contributed by atoms with Crippen molar-refractivity contribution in [2.75, 3.05) is 26.4 Å². The molecular formula is C45H34O4S2. The number of thiophene rings is 2. The highest BCUT2D eigenvalue weighted by molar-refractivity contribution is 7.08. The molecule has 0 spiro atoms. The van der Waals surface area contributed by atoms with Gasteiger partial charge in [-0.15, -0.1) is 0 Å². The van der Waals surface area contributed by atoms with Crippen molar-refractivity contribution in [2.24, 2.45) is 0 Å². The highest BCUT2D eigenvalue weighted by Crippen LogP contribution is 2.45. The Labute approximate surface area is 303 Å². The number of rotatable bonds is 10. The molecule has 0 unspecified atom stereocenters. The molecule has 4 nitrogen and oxygen atoms in total. The first-order valence-corrected chi connectivity index (χ1v) is 18.9. The van der Waals surface area contributed by atoms with Gasteiger partial charge < -0.3 is 19.7 Å². The van der Waals surface area contributed by atoms with Crippen LogP contribution in [0.15, 0.2) is 125 Å². The minimum atomic E-state index is -0.637. The number of aliphatic hydroxyl groups excluding tert-OH is 2. The van der Waals surface area contributed by atoms with Crippen molar-refractivity contribution in [3.05, 3.63) is 168 Å². The summed E-state index contributed by atoms with van der Waals surface area (Å²) in [6, 6.07) is 34.9. The summed E-state index contributed by atoms with van der Waals surface area (Å²) in [4.78, 5) is 0. The van der Waals surface area contributed by atoms with E-state index in [4.69, 9.17) is 9.47 Å². The average Bonchev–Trinajstić information content (AvgIpc) is 3.97. The summed E-state index contributed by atoms with van der Waals surface area (Å²) < 4.78 is 12.1. The van der Waals surface area contributed by atoms with Gasteiger partial charge in [-0.1, -0.05) is 54.6 Å². The molecule has 0 atom stereocenters. The van der Waals surface area contributed by atoms with Crippen LogP contribution < -0.4 is 19.9 Å². The molecule has 2 N–H and O–H groups in total. The number of ether oxygens (including phenoxy) is 2. The molecule has 6 heteroatoms. The SMILES string of the molecule is OCCOc1ccc(C2(c3ccc(OCCO)c(-c4ccsc4)c3)C=Cc3cc4c(cc3=C2)C=c2cc3ccccc3cc2=4)cc1-c1ccsc1. The zero-order valence-electron chi connectivity index (χ0n) is 27.7. The number of allylic oxidation sites excluding steroid dienone is 1. The first-order chi connectivity index (χ1) is 25.1. The Morgan fingerprint density at radius 1 is 0.588 bits per heavy atom. The van der Waals surface area contributed by atoms with Gasteiger partial charge in [0.2, 0.25) is 0 Å². The molecule has 0 fully saturated rings. The lowest BCUT2D eigenvalue weighted by Crippen LogP contribution is -2.29. The maximum atomic E-state index is 9.58. The maximum absolute atomic E-state index is 9.58. The lowest BCUT2D eigenvalue weighted by molar-refractivity contribution is 0.202. The fourth-order valence-corrected chi connectivity index (χ4v) is 8.83. The van der Waals surface area contributed by atoms with E-state index in [2.05, 4.69) is 131 Å². The van der Waals surface area contributed by atoms with E-state index in [1.165, 1.54) is 42.8 Å². The molecule has 2 heterocycles. The van der Waals surface area contributed by atoms with Gasteiger partial charge in [-0.3, -0.25) is 0 Å². The summed E-state index contributed by atoms with van der Waals surface area (Å²) in [5.41, 5.74) is 8.09. The molecule has 9 rings (SSSR count). The van der Waals surface area contributed by atoms with Gasteiger partial charge in [0.15, 0.2) is 0 Å². The van der Waals surface area contributed by atoms with Gasteiger partial charge in [0.05, 0.1) is 18.6 Å². The molecule has 2 aliphatic rings. The number of hydrogen-bond acceptors (Lipinski definition) is 6. The van der Waals surface area contributed by atoms with Crippen molar-refractivity contribution in [1.29, 1.82) is 0 Å². The van der Waals surface area contributed by atoms with Crippen LogP contribution in [0.4, 0.5) is 0 Å². The van der Waals surface area contributed by atoms with Gasteiger partial charge >= 0.3 is 0 Å². The quantitative estimate of drug-likeness (QED) is 0.151. The maximum Gasteiger partial charge on any atom is 0.127 e. The molecule has 2 aliphatic carbocycles. The standard InChI is InChI=1S/C45H34O4S2/c46-13-15-48-43-7-5-37(24-41(43)32-10-17-50-27-32)45(38-6-8-44(49-16-14-47)42(25-38)33-11-18-51-28-33)12-9-31-23-40-35(21-36(31)26-45)20-34-19-29-3-1-2-4-30(29)22-39(34)40/h1-12,17-28,46-47H,13-16H2. The third-order valence-corrected chi connectivity index (χ3v) is 11.3. The van der Waals surface area contributed by atoms with Crippen LogP contribution in [0.1, 0.15) is 22.3 Å². The normalized spacial score (nSPS) is 13.6. The van der Waals surface area contributed by atoms with E-state index in [0.717, 1.165) is 44.9 Å². The van der Waals surface area contributed by atoms with E-state index in [0.29, 0.717) is 0 Å². The van der Waals surface area contributed by atoms with Gasteiger partial charge in [0, 0.05) is 11.1 Å². The third kappa shape index (κ3) is 5.61. The van der Waals surface area contributed by atoms with E-state index in [-0.39, 0.29) is 26.4 Å². The molecule has 250 valence electrons. The zero-order valence-corrected chi connectivity index (χ0v) is 29.3. The van der Waals surface area contributed by atoms with Gasteiger partial charge in [0.25, 0.3) is 0 Å². The predicted octanol–water partition coefficient (Wildman–Crippen LogP) is 8.26. The molecule has 5 aromatic carbocycles. The first kappa shape index (κ1) is 31.7. The third-order valence-electron chi connectivity index (χ3n) is 9.96. The van der Waals surface area contributed by atoms with E-state index in [9.17, 15) is 10.2 Å². The summed E-state index contributed by atoms with van der Waals surface area (Å²) >= 11 is 3.30.